The fraction of sp³-hybridized carbons (Fsp3) is 0.364. The highest BCUT2D eigenvalue weighted by Gasteiger charge is 2.20. The molecule has 0 atom stereocenters. The molecule has 0 spiro atoms. The van der Waals surface area contributed by atoms with E-state index in [0.29, 0.717) is 0 Å². The zero-order valence-electron chi connectivity index (χ0n) is 8.71. The van der Waals surface area contributed by atoms with Gasteiger partial charge in [-0.15, -0.1) is 0 Å². The first-order valence-electron chi connectivity index (χ1n) is 4.52. The fourth-order valence-electron chi connectivity index (χ4n) is 1.13. The Kier molecular flexibility index (Phi) is 3.69. The molecular weight excluding hydrogens is 240 g/mol. The first kappa shape index (κ1) is 11.2. The van der Waals surface area contributed by atoms with Crippen molar-refractivity contribution in [2.45, 2.75) is 18.2 Å². The van der Waals surface area contributed by atoms with Crippen LogP contribution in [0.2, 0.25) is 0 Å². The van der Waals surface area contributed by atoms with E-state index < -0.39 is 0 Å². The molecule has 1 aromatic carbocycles. The van der Waals surface area contributed by atoms with Crippen LogP contribution in [-0.4, -0.2) is 17.2 Å². The Bertz CT molecular complexity index is 312. The van der Waals surface area contributed by atoms with Gasteiger partial charge in [-0.25, -0.2) is 0 Å². The number of para-hydroxylation sites is 1. The van der Waals surface area contributed by atoms with Crippen LogP contribution in [-0.2, 0) is 0 Å². The monoisotopic (exact) mass is 254 g/mol. The number of aliphatic imine (C=N–C) groups is 1. The van der Waals surface area contributed by atoms with Gasteiger partial charge in [0.1, 0.15) is 5.84 Å². The largest absolute Gasteiger partial charge is 0.343 e. The Morgan fingerprint density at radius 2 is 1.86 bits per heavy atom. The van der Waals surface area contributed by atoms with Crippen molar-refractivity contribution in [1.29, 1.82) is 0 Å². The summed E-state index contributed by atoms with van der Waals surface area (Å²) in [6, 6.07) is 10.0. The zero-order chi connectivity index (χ0) is 10.6. The zero-order valence-corrected chi connectivity index (χ0v) is 10.3. The molecule has 0 heterocycles. The van der Waals surface area contributed by atoms with Crippen molar-refractivity contribution in [3.8, 4) is 0 Å². The summed E-state index contributed by atoms with van der Waals surface area (Å²) in [5, 5.41) is 3.27. The third kappa shape index (κ3) is 3.14. The second-order valence-electron chi connectivity index (χ2n) is 3.54. The quantitative estimate of drug-likeness (QED) is 0.489. The van der Waals surface area contributed by atoms with Crippen LogP contribution < -0.4 is 5.32 Å². The molecule has 0 saturated heterocycles. The van der Waals surface area contributed by atoms with Crippen LogP contribution in [0.1, 0.15) is 13.8 Å². The third-order valence-electron chi connectivity index (χ3n) is 1.82. The normalized spacial score (nSPS) is 12.7. The lowest BCUT2D eigenvalue weighted by atomic mass is 10.2. The smallest absolute Gasteiger partial charge is 0.117 e. The number of nitrogens with one attached hydrogen (secondary N) is 1. The molecular formula is C11H15BrN2. The minimum atomic E-state index is -0.127. The molecule has 0 aliphatic rings. The number of amidine groups is 1. The molecule has 2 nitrogen and oxygen atoms in total. The number of rotatable bonds is 2. The van der Waals surface area contributed by atoms with E-state index in [2.05, 4.69) is 40.1 Å². The van der Waals surface area contributed by atoms with Crippen LogP contribution in [0.4, 0.5) is 5.69 Å². The third-order valence-corrected chi connectivity index (χ3v) is 2.20. The van der Waals surface area contributed by atoms with Crippen molar-refractivity contribution in [3.05, 3.63) is 30.3 Å². The second kappa shape index (κ2) is 4.60. The van der Waals surface area contributed by atoms with E-state index >= 15 is 0 Å². The highest BCUT2D eigenvalue weighted by atomic mass is 79.9. The molecule has 0 aliphatic heterocycles. The van der Waals surface area contributed by atoms with Gasteiger partial charge in [0.05, 0.1) is 4.32 Å². The van der Waals surface area contributed by atoms with Crippen molar-refractivity contribution in [2.24, 2.45) is 4.99 Å². The summed E-state index contributed by atoms with van der Waals surface area (Å²) in [6.45, 7) is 4.12. The van der Waals surface area contributed by atoms with Crippen LogP contribution in [0.25, 0.3) is 0 Å². The maximum Gasteiger partial charge on any atom is 0.117 e. The Hall–Kier alpha value is -0.830. The topological polar surface area (TPSA) is 24.4 Å². The van der Waals surface area contributed by atoms with Gasteiger partial charge in [0.25, 0.3) is 0 Å². The van der Waals surface area contributed by atoms with E-state index in [9.17, 15) is 0 Å². The number of nitrogens with zero attached hydrogens (tertiary/aromatic N) is 1. The van der Waals surface area contributed by atoms with E-state index in [0.717, 1.165) is 11.5 Å². The van der Waals surface area contributed by atoms with E-state index in [4.69, 9.17) is 0 Å². The lowest BCUT2D eigenvalue weighted by Gasteiger charge is -2.20. The van der Waals surface area contributed by atoms with Crippen LogP contribution in [0, 0.1) is 0 Å². The number of benzene rings is 1. The van der Waals surface area contributed by atoms with Gasteiger partial charge in [-0.3, -0.25) is 4.99 Å². The minimum absolute atomic E-state index is 0.127. The lowest BCUT2D eigenvalue weighted by Crippen LogP contribution is -2.31. The molecule has 0 saturated carbocycles. The van der Waals surface area contributed by atoms with Gasteiger partial charge in [0, 0.05) is 12.7 Å². The predicted molar refractivity (Wildman–Crippen MR) is 66.4 cm³/mol. The summed E-state index contributed by atoms with van der Waals surface area (Å²) in [6.07, 6.45) is 0. The summed E-state index contributed by atoms with van der Waals surface area (Å²) in [5.74, 6) is 0.920. The first-order chi connectivity index (χ1) is 6.54. The maximum absolute atomic E-state index is 4.21. The Morgan fingerprint density at radius 1 is 1.29 bits per heavy atom. The van der Waals surface area contributed by atoms with Gasteiger partial charge in [0.15, 0.2) is 0 Å². The van der Waals surface area contributed by atoms with Crippen molar-refractivity contribution < 1.29 is 0 Å². The standard InChI is InChI=1S/C11H15BrN2/c1-11(2,12)10(13-3)14-9-7-5-4-6-8-9/h4-8H,1-3H3,(H,13,14). The molecule has 3 heteroatoms. The maximum atomic E-state index is 4.21. The highest BCUT2D eigenvalue weighted by Crippen LogP contribution is 2.19. The second-order valence-corrected chi connectivity index (χ2v) is 5.52. The Labute approximate surface area is 93.6 Å². The lowest BCUT2D eigenvalue weighted by molar-refractivity contribution is 0.962. The van der Waals surface area contributed by atoms with Gasteiger partial charge < -0.3 is 5.32 Å². The summed E-state index contributed by atoms with van der Waals surface area (Å²) >= 11 is 3.57. The molecule has 76 valence electrons. The fourth-order valence-corrected chi connectivity index (χ4v) is 1.41. The van der Waals surface area contributed by atoms with E-state index in [-0.39, 0.29) is 4.32 Å². The minimum Gasteiger partial charge on any atom is -0.343 e. The Balaban J connectivity index is 2.78. The molecule has 1 aromatic rings. The average molecular weight is 255 g/mol. The number of anilines is 1. The highest BCUT2D eigenvalue weighted by molar-refractivity contribution is 9.10. The molecule has 0 bridgehead atoms. The number of hydrogen-bond acceptors (Lipinski definition) is 1. The van der Waals surface area contributed by atoms with E-state index in [1.54, 1.807) is 7.05 Å². The van der Waals surface area contributed by atoms with E-state index in [1.165, 1.54) is 0 Å². The molecule has 0 aliphatic carbocycles. The van der Waals surface area contributed by atoms with Crippen molar-refractivity contribution in [2.75, 3.05) is 12.4 Å². The average Bonchev–Trinajstić information content (AvgIpc) is 2.14. The van der Waals surface area contributed by atoms with Crippen molar-refractivity contribution in [3.63, 3.8) is 0 Å². The van der Waals surface area contributed by atoms with Gasteiger partial charge in [-0.2, -0.15) is 0 Å². The van der Waals surface area contributed by atoms with Gasteiger partial charge in [-0.05, 0) is 26.0 Å². The van der Waals surface area contributed by atoms with Gasteiger partial charge in [0.2, 0.25) is 0 Å². The summed E-state index contributed by atoms with van der Waals surface area (Å²) in [4.78, 5) is 4.21. The predicted octanol–water partition coefficient (Wildman–Crippen LogP) is 3.30. The molecule has 1 rings (SSSR count). The summed E-state index contributed by atoms with van der Waals surface area (Å²) in [7, 11) is 1.79. The van der Waals surface area contributed by atoms with Gasteiger partial charge >= 0.3 is 0 Å². The first-order valence-corrected chi connectivity index (χ1v) is 5.31. The van der Waals surface area contributed by atoms with Crippen molar-refractivity contribution >= 4 is 27.5 Å². The molecule has 1 N–H and O–H groups in total. The molecule has 0 unspecified atom stereocenters. The summed E-state index contributed by atoms with van der Waals surface area (Å²) < 4.78 is -0.127. The molecule has 14 heavy (non-hydrogen) atoms. The molecule has 0 radical (unpaired) electrons. The molecule has 0 aromatic heterocycles. The molecule has 0 amide bonds. The number of hydrogen-bond donors (Lipinski definition) is 1. The number of alkyl halides is 1. The van der Waals surface area contributed by atoms with Crippen molar-refractivity contribution in [1.82, 2.24) is 0 Å². The van der Waals surface area contributed by atoms with Crippen LogP contribution in [0.5, 0.6) is 0 Å². The van der Waals surface area contributed by atoms with Crippen LogP contribution in [0.15, 0.2) is 35.3 Å². The van der Waals surface area contributed by atoms with Crippen LogP contribution in [0.3, 0.4) is 0 Å². The SMILES string of the molecule is CN=C(Nc1ccccc1)C(C)(C)Br. The molecule has 0 fully saturated rings. The summed E-state index contributed by atoms with van der Waals surface area (Å²) in [5.41, 5.74) is 1.06. The Morgan fingerprint density at radius 3 is 2.29 bits per heavy atom. The van der Waals surface area contributed by atoms with Gasteiger partial charge in [-0.1, -0.05) is 34.1 Å². The van der Waals surface area contributed by atoms with E-state index in [1.807, 2.05) is 30.3 Å². The number of halogens is 1. The van der Waals surface area contributed by atoms with Crippen LogP contribution >= 0.6 is 15.9 Å².